The van der Waals surface area contributed by atoms with Gasteiger partial charge in [0.1, 0.15) is 5.82 Å². The van der Waals surface area contributed by atoms with Gasteiger partial charge in [-0.2, -0.15) is 10.2 Å². The largest absolute Gasteiger partial charge is 0.343 e. The molecule has 0 unspecified atom stereocenters. The summed E-state index contributed by atoms with van der Waals surface area (Å²) in [6.45, 7) is 2.06. The molecule has 4 aromatic carbocycles. The Kier molecular flexibility index (Phi) is 6.50. The molecule has 1 aliphatic heterocycles. The van der Waals surface area contributed by atoms with Crippen molar-refractivity contribution < 1.29 is 4.39 Å². The molecular weight excluding hydrogens is 457 g/mol. The number of benzene rings is 4. The molecule has 174 valence electrons. The van der Waals surface area contributed by atoms with Crippen LogP contribution < -0.4 is 15.8 Å². The Balaban J connectivity index is 1.30. The maximum absolute atomic E-state index is 13.1. The van der Waals surface area contributed by atoms with Gasteiger partial charge in [0.15, 0.2) is 0 Å². The van der Waals surface area contributed by atoms with E-state index in [0.29, 0.717) is 0 Å². The first kappa shape index (κ1) is 22.7. The molecule has 0 aliphatic carbocycles. The number of aryl methyl sites for hydroxylation is 1. The fourth-order valence-electron chi connectivity index (χ4n) is 3.69. The van der Waals surface area contributed by atoms with Crippen LogP contribution in [0.3, 0.4) is 0 Å². The SMILES string of the molecule is Cc1ccc(N/N=C/c2ccc3c(c2)N(C)c2cc(/C=N/Nc4ccc(F)cc4)ccc2S3)cc1. The molecule has 1 aliphatic rings. The quantitative estimate of drug-likeness (QED) is 0.225. The van der Waals surface area contributed by atoms with Gasteiger partial charge in [0, 0.05) is 16.8 Å². The predicted molar refractivity (Wildman–Crippen MR) is 145 cm³/mol. The van der Waals surface area contributed by atoms with Gasteiger partial charge in [0.05, 0.1) is 35.2 Å². The predicted octanol–water partition coefficient (Wildman–Crippen LogP) is 7.26. The number of rotatable bonds is 6. The molecule has 0 amide bonds. The molecule has 0 atom stereocenters. The Bertz CT molecular complexity index is 1290. The highest BCUT2D eigenvalue weighted by Gasteiger charge is 2.21. The Hall–Kier alpha value is -4.10. The molecule has 0 saturated heterocycles. The Morgan fingerprint density at radius 1 is 0.714 bits per heavy atom. The minimum absolute atomic E-state index is 0.271. The molecule has 7 heteroatoms. The van der Waals surface area contributed by atoms with Crippen LogP contribution in [-0.2, 0) is 0 Å². The Morgan fingerprint density at radius 3 is 1.71 bits per heavy atom. The topological polar surface area (TPSA) is 52.0 Å². The van der Waals surface area contributed by atoms with Gasteiger partial charge in [0.25, 0.3) is 0 Å². The molecule has 0 saturated carbocycles. The summed E-state index contributed by atoms with van der Waals surface area (Å²) < 4.78 is 13.1. The molecule has 35 heavy (non-hydrogen) atoms. The van der Waals surface area contributed by atoms with Gasteiger partial charge in [-0.3, -0.25) is 10.9 Å². The third-order valence-electron chi connectivity index (χ3n) is 5.62. The molecule has 0 bridgehead atoms. The molecule has 0 spiro atoms. The van der Waals surface area contributed by atoms with E-state index in [2.05, 4.69) is 82.4 Å². The van der Waals surface area contributed by atoms with Crippen molar-refractivity contribution in [3.8, 4) is 0 Å². The van der Waals surface area contributed by atoms with E-state index >= 15 is 0 Å². The van der Waals surface area contributed by atoms with Crippen LogP contribution >= 0.6 is 11.8 Å². The van der Waals surface area contributed by atoms with E-state index in [-0.39, 0.29) is 5.82 Å². The maximum Gasteiger partial charge on any atom is 0.123 e. The number of halogens is 1. The van der Waals surface area contributed by atoms with Crippen molar-refractivity contribution in [2.45, 2.75) is 16.7 Å². The van der Waals surface area contributed by atoms with E-state index in [9.17, 15) is 4.39 Å². The van der Waals surface area contributed by atoms with Crippen molar-refractivity contribution in [2.75, 3.05) is 22.8 Å². The monoisotopic (exact) mass is 481 g/mol. The van der Waals surface area contributed by atoms with Crippen LogP contribution in [0.15, 0.2) is 105 Å². The molecule has 0 aromatic heterocycles. The first-order valence-electron chi connectivity index (χ1n) is 11.2. The third kappa shape index (κ3) is 5.36. The summed E-state index contributed by atoms with van der Waals surface area (Å²) in [5.41, 5.74) is 13.1. The van der Waals surface area contributed by atoms with E-state index < -0.39 is 0 Å². The maximum atomic E-state index is 13.1. The van der Waals surface area contributed by atoms with Crippen molar-refractivity contribution in [3.05, 3.63) is 107 Å². The number of hydrogen-bond donors (Lipinski definition) is 2. The second-order valence-electron chi connectivity index (χ2n) is 8.23. The number of nitrogens with zero attached hydrogens (tertiary/aromatic N) is 3. The van der Waals surface area contributed by atoms with Crippen LogP contribution in [0.5, 0.6) is 0 Å². The lowest BCUT2D eigenvalue weighted by Gasteiger charge is -2.30. The smallest absolute Gasteiger partial charge is 0.123 e. The first-order valence-corrected chi connectivity index (χ1v) is 12.0. The van der Waals surface area contributed by atoms with Crippen LogP contribution in [0.2, 0.25) is 0 Å². The van der Waals surface area contributed by atoms with Gasteiger partial charge in [-0.25, -0.2) is 4.39 Å². The van der Waals surface area contributed by atoms with Gasteiger partial charge >= 0.3 is 0 Å². The highest BCUT2D eigenvalue weighted by Crippen LogP contribution is 2.47. The lowest BCUT2D eigenvalue weighted by Crippen LogP contribution is -2.15. The molecule has 2 N–H and O–H groups in total. The van der Waals surface area contributed by atoms with Crippen LogP contribution in [0.25, 0.3) is 0 Å². The summed E-state index contributed by atoms with van der Waals surface area (Å²) in [6, 6.07) is 26.8. The minimum atomic E-state index is -0.271. The van der Waals surface area contributed by atoms with Crippen LogP contribution in [0, 0.1) is 12.7 Å². The molecule has 0 radical (unpaired) electrons. The fourth-order valence-corrected chi connectivity index (χ4v) is 4.80. The Morgan fingerprint density at radius 2 is 1.20 bits per heavy atom. The summed E-state index contributed by atoms with van der Waals surface area (Å²) in [6.07, 6.45) is 3.59. The summed E-state index contributed by atoms with van der Waals surface area (Å²) in [5, 5.41) is 8.68. The normalized spacial score (nSPS) is 12.6. The number of fused-ring (bicyclic) bond motifs is 2. The van der Waals surface area contributed by atoms with Gasteiger partial charge in [-0.1, -0.05) is 41.6 Å². The zero-order valence-corrected chi connectivity index (χ0v) is 20.2. The molecule has 5 rings (SSSR count). The molecule has 1 heterocycles. The summed E-state index contributed by atoms with van der Waals surface area (Å²) in [5.74, 6) is -0.271. The van der Waals surface area contributed by atoms with Crippen LogP contribution in [-0.4, -0.2) is 19.5 Å². The highest BCUT2D eigenvalue weighted by atomic mass is 32.2. The zero-order valence-electron chi connectivity index (χ0n) is 19.4. The lowest BCUT2D eigenvalue weighted by molar-refractivity contribution is 0.628. The van der Waals surface area contributed by atoms with E-state index in [1.807, 2.05) is 24.4 Å². The second-order valence-corrected chi connectivity index (χ2v) is 9.31. The van der Waals surface area contributed by atoms with Gasteiger partial charge < -0.3 is 4.90 Å². The van der Waals surface area contributed by atoms with E-state index in [0.717, 1.165) is 33.9 Å². The van der Waals surface area contributed by atoms with E-state index in [1.165, 1.54) is 27.5 Å². The average Bonchev–Trinajstić information content (AvgIpc) is 2.87. The Labute approximate surface area is 208 Å². The average molecular weight is 482 g/mol. The number of nitrogens with one attached hydrogen (secondary N) is 2. The molecular formula is C28H24FN5S. The van der Waals surface area contributed by atoms with Crippen molar-refractivity contribution in [3.63, 3.8) is 0 Å². The van der Waals surface area contributed by atoms with Crippen molar-refractivity contribution in [2.24, 2.45) is 10.2 Å². The number of hydrazone groups is 2. The van der Waals surface area contributed by atoms with E-state index in [4.69, 9.17) is 0 Å². The van der Waals surface area contributed by atoms with Gasteiger partial charge in [0.2, 0.25) is 0 Å². The van der Waals surface area contributed by atoms with E-state index in [1.54, 1.807) is 30.1 Å². The van der Waals surface area contributed by atoms with Crippen LogP contribution in [0.4, 0.5) is 27.1 Å². The van der Waals surface area contributed by atoms with Gasteiger partial charge in [-0.15, -0.1) is 0 Å². The third-order valence-corrected chi connectivity index (χ3v) is 6.75. The van der Waals surface area contributed by atoms with Crippen molar-refractivity contribution >= 4 is 46.9 Å². The minimum Gasteiger partial charge on any atom is -0.343 e. The molecule has 5 nitrogen and oxygen atoms in total. The lowest BCUT2D eigenvalue weighted by atomic mass is 10.1. The first-order chi connectivity index (χ1) is 17.0. The standard InChI is InChI=1S/C28H24FN5S/c1-19-3-9-23(10-4-19)32-30-17-20-5-13-27-25(15-20)34(2)26-16-21(6-14-28(26)35-27)18-31-33-24-11-7-22(29)8-12-24/h3-18,32-33H,1-2H3/b30-17+,31-18+. The van der Waals surface area contributed by atoms with Crippen molar-refractivity contribution in [1.29, 1.82) is 0 Å². The van der Waals surface area contributed by atoms with Crippen LogP contribution in [0.1, 0.15) is 16.7 Å². The fraction of sp³-hybridized carbons (Fsp3) is 0.0714. The number of anilines is 4. The highest BCUT2D eigenvalue weighted by molar-refractivity contribution is 7.99. The van der Waals surface area contributed by atoms with Crippen molar-refractivity contribution in [1.82, 2.24) is 0 Å². The van der Waals surface area contributed by atoms with Gasteiger partial charge in [-0.05, 0) is 78.7 Å². The molecule has 0 fully saturated rings. The number of hydrogen-bond acceptors (Lipinski definition) is 6. The summed E-state index contributed by atoms with van der Waals surface area (Å²) >= 11 is 1.75. The summed E-state index contributed by atoms with van der Waals surface area (Å²) in [7, 11) is 2.07. The summed E-state index contributed by atoms with van der Waals surface area (Å²) in [4.78, 5) is 4.57. The zero-order chi connectivity index (χ0) is 24.2. The molecule has 4 aromatic rings. The second kappa shape index (κ2) is 10.0.